The van der Waals surface area contributed by atoms with Gasteiger partial charge in [0.15, 0.2) is 23.4 Å². The highest BCUT2D eigenvalue weighted by molar-refractivity contribution is 5.95. The van der Waals surface area contributed by atoms with Crippen LogP contribution >= 0.6 is 0 Å². The molecule has 0 bridgehead atoms. The maximum absolute atomic E-state index is 6.14. The van der Waals surface area contributed by atoms with Gasteiger partial charge in [0.25, 0.3) is 0 Å². The molecule has 1 unspecified atom stereocenters. The van der Waals surface area contributed by atoms with Crippen LogP contribution in [0.25, 0.3) is 10.9 Å². The van der Waals surface area contributed by atoms with Gasteiger partial charge in [-0.05, 0) is 19.1 Å². The van der Waals surface area contributed by atoms with Crippen molar-refractivity contribution in [1.29, 1.82) is 0 Å². The Labute approximate surface area is 143 Å². The molecule has 25 heavy (non-hydrogen) atoms. The molecule has 1 aromatic carbocycles. The Bertz CT molecular complexity index is 908. The zero-order valence-corrected chi connectivity index (χ0v) is 13.9. The Balaban J connectivity index is 1.76. The van der Waals surface area contributed by atoms with E-state index in [1.165, 1.54) is 6.33 Å². The van der Waals surface area contributed by atoms with E-state index >= 15 is 0 Å². The van der Waals surface area contributed by atoms with Crippen molar-refractivity contribution in [3.8, 4) is 11.5 Å². The standard InChI is InChI=1S/C16H18N6O3/c1-9(16-20-8-22(2)21-16)24-14-12(25-10-5-23-6-10)4-3-11-13(14)15(17)19-7-18-11/h3-4,7-10H,5-6H2,1-2H3,(H2,17,18,19). The van der Waals surface area contributed by atoms with E-state index in [4.69, 9.17) is 19.9 Å². The molecular formula is C16H18N6O3. The maximum atomic E-state index is 6.14. The number of fused-ring (bicyclic) bond motifs is 1. The highest BCUT2D eigenvalue weighted by Gasteiger charge is 2.25. The second-order valence-electron chi connectivity index (χ2n) is 5.86. The van der Waals surface area contributed by atoms with Crippen molar-refractivity contribution in [1.82, 2.24) is 24.7 Å². The summed E-state index contributed by atoms with van der Waals surface area (Å²) in [6, 6.07) is 3.65. The summed E-state index contributed by atoms with van der Waals surface area (Å²) in [5.74, 6) is 1.96. The number of hydrogen-bond acceptors (Lipinski definition) is 8. The first-order chi connectivity index (χ1) is 12.1. The lowest BCUT2D eigenvalue weighted by Crippen LogP contribution is -2.38. The minimum absolute atomic E-state index is 0.00561. The Morgan fingerprint density at radius 2 is 2.12 bits per heavy atom. The summed E-state index contributed by atoms with van der Waals surface area (Å²) in [7, 11) is 1.80. The minimum Gasteiger partial charge on any atom is -0.482 e. The molecule has 1 fully saturated rings. The summed E-state index contributed by atoms with van der Waals surface area (Å²) in [6.45, 7) is 2.97. The fraction of sp³-hybridized carbons (Fsp3) is 0.375. The maximum Gasteiger partial charge on any atom is 0.191 e. The average Bonchev–Trinajstić information content (AvgIpc) is 2.99. The lowest BCUT2D eigenvalue weighted by atomic mass is 10.2. The van der Waals surface area contributed by atoms with Gasteiger partial charge in [0.2, 0.25) is 0 Å². The molecule has 3 heterocycles. The van der Waals surface area contributed by atoms with Crippen LogP contribution in [0.4, 0.5) is 5.82 Å². The number of nitrogen functional groups attached to an aromatic ring is 1. The molecule has 1 saturated heterocycles. The zero-order valence-electron chi connectivity index (χ0n) is 13.9. The van der Waals surface area contributed by atoms with Crippen LogP contribution in [0, 0.1) is 0 Å². The molecular weight excluding hydrogens is 324 g/mol. The van der Waals surface area contributed by atoms with E-state index in [0.29, 0.717) is 47.3 Å². The first-order valence-corrected chi connectivity index (χ1v) is 7.91. The van der Waals surface area contributed by atoms with Crippen molar-refractivity contribution in [2.24, 2.45) is 7.05 Å². The Morgan fingerprint density at radius 3 is 2.80 bits per heavy atom. The van der Waals surface area contributed by atoms with Crippen molar-refractivity contribution < 1.29 is 14.2 Å². The monoisotopic (exact) mass is 342 g/mol. The normalized spacial score (nSPS) is 15.8. The van der Waals surface area contributed by atoms with E-state index in [2.05, 4.69) is 20.1 Å². The highest BCUT2D eigenvalue weighted by Crippen LogP contribution is 2.40. The first-order valence-electron chi connectivity index (χ1n) is 7.91. The number of nitrogens with zero attached hydrogens (tertiary/aromatic N) is 5. The van der Waals surface area contributed by atoms with Crippen LogP contribution in [0.15, 0.2) is 24.8 Å². The van der Waals surface area contributed by atoms with Crippen molar-refractivity contribution in [3.05, 3.63) is 30.6 Å². The first kappa shape index (κ1) is 15.6. The molecule has 0 radical (unpaired) electrons. The number of aromatic nitrogens is 5. The van der Waals surface area contributed by atoms with Gasteiger partial charge in [0.05, 0.1) is 24.1 Å². The van der Waals surface area contributed by atoms with E-state index in [-0.39, 0.29) is 6.10 Å². The third-order valence-electron chi connectivity index (χ3n) is 3.93. The topological polar surface area (TPSA) is 110 Å². The fourth-order valence-corrected chi connectivity index (χ4v) is 2.57. The predicted octanol–water partition coefficient (Wildman–Crippen LogP) is 1.26. The van der Waals surface area contributed by atoms with E-state index < -0.39 is 6.10 Å². The van der Waals surface area contributed by atoms with Crippen LogP contribution < -0.4 is 15.2 Å². The van der Waals surface area contributed by atoms with Crippen molar-refractivity contribution >= 4 is 16.7 Å². The minimum atomic E-state index is -0.397. The number of rotatable bonds is 5. The molecule has 9 heteroatoms. The molecule has 0 saturated carbocycles. The second-order valence-corrected chi connectivity index (χ2v) is 5.86. The summed E-state index contributed by atoms with van der Waals surface area (Å²) in [4.78, 5) is 12.6. The summed E-state index contributed by atoms with van der Waals surface area (Å²) in [5, 5.41) is 4.90. The fourth-order valence-electron chi connectivity index (χ4n) is 2.57. The molecule has 2 aromatic heterocycles. The number of ether oxygens (including phenoxy) is 3. The van der Waals surface area contributed by atoms with E-state index in [1.807, 2.05) is 19.1 Å². The highest BCUT2D eigenvalue weighted by atomic mass is 16.6. The van der Waals surface area contributed by atoms with Gasteiger partial charge in [-0.2, -0.15) is 5.10 Å². The largest absolute Gasteiger partial charge is 0.482 e. The van der Waals surface area contributed by atoms with Crippen LogP contribution in [0.5, 0.6) is 11.5 Å². The van der Waals surface area contributed by atoms with Crippen LogP contribution in [-0.4, -0.2) is 44.1 Å². The number of hydrogen-bond donors (Lipinski definition) is 1. The van der Waals surface area contributed by atoms with E-state index in [9.17, 15) is 0 Å². The van der Waals surface area contributed by atoms with Gasteiger partial charge in [-0.3, -0.25) is 4.68 Å². The average molecular weight is 342 g/mol. The molecule has 9 nitrogen and oxygen atoms in total. The number of nitrogens with two attached hydrogens (primary N) is 1. The lowest BCUT2D eigenvalue weighted by Gasteiger charge is -2.28. The summed E-state index contributed by atoms with van der Waals surface area (Å²) in [5.41, 5.74) is 6.76. The second kappa shape index (κ2) is 6.17. The molecule has 0 aliphatic carbocycles. The lowest BCUT2D eigenvalue weighted by molar-refractivity contribution is -0.0806. The van der Waals surface area contributed by atoms with Crippen LogP contribution in [0.3, 0.4) is 0 Å². The quantitative estimate of drug-likeness (QED) is 0.738. The van der Waals surface area contributed by atoms with Crippen molar-refractivity contribution in [3.63, 3.8) is 0 Å². The summed E-state index contributed by atoms with van der Waals surface area (Å²) < 4.78 is 18.9. The Hall–Kier alpha value is -2.94. The van der Waals surface area contributed by atoms with Crippen molar-refractivity contribution in [2.75, 3.05) is 18.9 Å². The van der Waals surface area contributed by atoms with Crippen molar-refractivity contribution in [2.45, 2.75) is 19.1 Å². The summed E-state index contributed by atoms with van der Waals surface area (Å²) in [6.07, 6.45) is 2.64. The third-order valence-corrected chi connectivity index (χ3v) is 3.93. The SMILES string of the molecule is CC(Oc1c(OC2COC2)ccc2ncnc(N)c12)c1ncn(C)n1. The van der Waals surface area contributed by atoms with Gasteiger partial charge in [-0.25, -0.2) is 15.0 Å². The molecule has 2 N–H and O–H groups in total. The summed E-state index contributed by atoms with van der Waals surface area (Å²) >= 11 is 0. The predicted molar refractivity (Wildman–Crippen MR) is 89.2 cm³/mol. The van der Waals surface area contributed by atoms with Gasteiger partial charge in [-0.15, -0.1) is 0 Å². The number of anilines is 1. The molecule has 1 aliphatic rings. The van der Waals surface area contributed by atoms with Gasteiger partial charge in [-0.1, -0.05) is 0 Å². The molecule has 0 amide bonds. The molecule has 0 spiro atoms. The van der Waals surface area contributed by atoms with Gasteiger partial charge in [0, 0.05) is 7.05 Å². The third kappa shape index (κ3) is 2.93. The zero-order chi connectivity index (χ0) is 17.4. The molecule has 3 aromatic rings. The molecule has 1 aliphatic heterocycles. The van der Waals surface area contributed by atoms with Gasteiger partial charge >= 0.3 is 0 Å². The van der Waals surface area contributed by atoms with E-state index in [1.54, 1.807) is 18.1 Å². The smallest absolute Gasteiger partial charge is 0.191 e. The Kier molecular flexibility index (Phi) is 3.85. The Morgan fingerprint density at radius 1 is 1.28 bits per heavy atom. The van der Waals surface area contributed by atoms with Crippen LogP contribution in [0.1, 0.15) is 18.9 Å². The molecule has 4 rings (SSSR count). The number of aryl methyl sites for hydroxylation is 1. The van der Waals surface area contributed by atoms with Crippen LogP contribution in [0.2, 0.25) is 0 Å². The van der Waals surface area contributed by atoms with Gasteiger partial charge < -0.3 is 19.9 Å². The van der Waals surface area contributed by atoms with E-state index in [0.717, 1.165) is 0 Å². The molecule has 1 atom stereocenters. The molecule has 130 valence electrons. The number of benzene rings is 1. The van der Waals surface area contributed by atoms with Crippen LogP contribution in [-0.2, 0) is 11.8 Å². The van der Waals surface area contributed by atoms with Gasteiger partial charge in [0.1, 0.15) is 24.6 Å².